The Morgan fingerprint density at radius 1 is 1.20 bits per heavy atom. The normalized spacial score (nSPS) is 10.3. The molecule has 0 radical (unpaired) electrons. The molecule has 0 aliphatic carbocycles. The molecule has 0 aliphatic heterocycles. The minimum Gasteiger partial charge on any atom is -0.494 e. The molecule has 0 heterocycles. The van der Waals surface area contributed by atoms with Crippen molar-refractivity contribution in [1.82, 2.24) is 0 Å². The molecule has 4 heteroatoms. The van der Waals surface area contributed by atoms with Crippen LogP contribution in [0.4, 0.5) is 15.8 Å². The molecule has 2 N–H and O–H groups in total. The van der Waals surface area contributed by atoms with Gasteiger partial charge in [0.15, 0.2) is 0 Å². The molecule has 0 fully saturated rings. The van der Waals surface area contributed by atoms with Crippen molar-refractivity contribution in [2.75, 3.05) is 24.3 Å². The van der Waals surface area contributed by atoms with Gasteiger partial charge in [0, 0.05) is 24.8 Å². The van der Waals surface area contributed by atoms with Crippen molar-refractivity contribution in [3.05, 3.63) is 53.8 Å². The van der Waals surface area contributed by atoms with E-state index in [-0.39, 0.29) is 5.82 Å². The molecule has 0 unspecified atom stereocenters. The van der Waals surface area contributed by atoms with Gasteiger partial charge in [-0.1, -0.05) is 12.1 Å². The summed E-state index contributed by atoms with van der Waals surface area (Å²) in [6.45, 7) is 3.04. The van der Waals surface area contributed by atoms with Crippen molar-refractivity contribution < 1.29 is 9.13 Å². The van der Waals surface area contributed by atoms with Gasteiger partial charge in [-0.25, -0.2) is 4.39 Å². The third-order valence-corrected chi connectivity index (χ3v) is 3.06. The summed E-state index contributed by atoms with van der Waals surface area (Å²) >= 11 is 0. The Balaban J connectivity index is 2.25. The number of nitrogens with two attached hydrogens (primary N) is 1. The highest BCUT2D eigenvalue weighted by atomic mass is 19.1. The maximum Gasteiger partial charge on any atom is 0.146 e. The van der Waals surface area contributed by atoms with Crippen LogP contribution in [0, 0.1) is 5.82 Å². The molecule has 0 saturated carbocycles. The number of benzene rings is 2. The number of anilines is 2. The largest absolute Gasteiger partial charge is 0.494 e. The van der Waals surface area contributed by atoms with Gasteiger partial charge < -0.3 is 15.4 Å². The highest BCUT2D eigenvalue weighted by Crippen LogP contribution is 2.26. The van der Waals surface area contributed by atoms with E-state index in [1.54, 1.807) is 18.2 Å². The molecular weight excluding hydrogens is 255 g/mol. The molecule has 0 saturated heterocycles. The lowest BCUT2D eigenvalue weighted by Crippen LogP contribution is -2.18. The first-order chi connectivity index (χ1) is 9.61. The maximum absolute atomic E-state index is 13.8. The van der Waals surface area contributed by atoms with Gasteiger partial charge in [0.1, 0.15) is 11.6 Å². The second-order valence-corrected chi connectivity index (χ2v) is 4.61. The van der Waals surface area contributed by atoms with Crippen LogP contribution in [0.5, 0.6) is 5.75 Å². The Bertz CT molecular complexity index is 586. The summed E-state index contributed by atoms with van der Waals surface area (Å²) in [6, 6.07) is 12.2. The highest BCUT2D eigenvalue weighted by molar-refractivity contribution is 5.52. The monoisotopic (exact) mass is 274 g/mol. The van der Waals surface area contributed by atoms with Crippen LogP contribution in [-0.4, -0.2) is 13.7 Å². The smallest absolute Gasteiger partial charge is 0.146 e. The Labute approximate surface area is 118 Å². The van der Waals surface area contributed by atoms with E-state index in [2.05, 4.69) is 0 Å². The van der Waals surface area contributed by atoms with E-state index in [1.807, 2.05) is 37.1 Å². The van der Waals surface area contributed by atoms with Crippen LogP contribution in [0.1, 0.15) is 12.5 Å². The van der Waals surface area contributed by atoms with Gasteiger partial charge >= 0.3 is 0 Å². The third kappa shape index (κ3) is 3.20. The second-order valence-electron chi connectivity index (χ2n) is 4.61. The summed E-state index contributed by atoms with van der Waals surface area (Å²) in [4.78, 5) is 1.84. The first-order valence-corrected chi connectivity index (χ1v) is 6.58. The average molecular weight is 274 g/mol. The minimum atomic E-state index is -0.239. The van der Waals surface area contributed by atoms with Crippen molar-refractivity contribution >= 4 is 11.4 Å². The van der Waals surface area contributed by atoms with Crippen molar-refractivity contribution in [3.8, 4) is 5.75 Å². The summed E-state index contributed by atoms with van der Waals surface area (Å²) in [5.74, 6) is 0.543. The number of para-hydroxylation sites is 1. The van der Waals surface area contributed by atoms with Gasteiger partial charge in [-0.2, -0.15) is 0 Å². The number of halogens is 1. The van der Waals surface area contributed by atoms with Crippen LogP contribution < -0.4 is 15.4 Å². The summed E-state index contributed by atoms with van der Waals surface area (Å²) in [5, 5.41) is 0. The Kier molecular flexibility index (Phi) is 4.45. The molecule has 20 heavy (non-hydrogen) atoms. The van der Waals surface area contributed by atoms with E-state index in [4.69, 9.17) is 10.5 Å². The number of nitrogens with zero attached hydrogens (tertiary/aromatic N) is 1. The van der Waals surface area contributed by atoms with Crippen LogP contribution in [0.2, 0.25) is 0 Å². The van der Waals surface area contributed by atoms with Crippen LogP contribution >= 0.6 is 0 Å². The standard InChI is InChI=1S/C16H19FN2O/c1-3-20-16-9-8-13(18)10-12(16)11-19(2)15-7-5-4-6-14(15)17/h4-10H,3,11,18H2,1-2H3. The number of ether oxygens (including phenoxy) is 1. The lowest BCUT2D eigenvalue weighted by Gasteiger charge is -2.21. The molecule has 0 aliphatic rings. The zero-order chi connectivity index (χ0) is 14.5. The Morgan fingerprint density at radius 3 is 2.65 bits per heavy atom. The third-order valence-electron chi connectivity index (χ3n) is 3.06. The SMILES string of the molecule is CCOc1ccc(N)cc1CN(C)c1ccccc1F. The molecular formula is C16H19FN2O. The molecule has 3 nitrogen and oxygen atoms in total. The van der Waals surface area contributed by atoms with Gasteiger partial charge in [0.25, 0.3) is 0 Å². The van der Waals surface area contributed by atoms with E-state index in [0.717, 1.165) is 11.3 Å². The first-order valence-electron chi connectivity index (χ1n) is 6.58. The van der Waals surface area contributed by atoms with Gasteiger partial charge in [-0.15, -0.1) is 0 Å². The van der Waals surface area contributed by atoms with Crippen molar-refractivity contribution in [1.29, 1.82) is 0 Å². The highest BCUT2D eigenvalue weighted by Gasteiger charge is 2.11. The lowest BCUT2D eigenvalue weighted by molar-refractivity contribution is 0.336. The summed E-state index contributed by atoms with van der Waals surface area (Å²) in [6.07, 6.45) is 0. The fourth-order valence-corrected chi connectivity index (χ4v) is 2.12. The summed E-state index contributed by atoms with van der Waals surface area (Å²) in [7, 11) is 1.84. The molecule has 106 valence electrons. The van der Waals surface area contributed by atoms with Crippen molar-refractivity contribution in [2.24, 2.45) is 0 Å². The van der Waals surface area contributed by atoms with Crippen LogP contribution in [0.15, 0.2) is 42.5 Å². The molecule has 0 bridgehead atoms. The van der Waals surface area contributed by atoms with Crippen LogP contribution in [-0.2, 0) is 6.54 Å². The Hall–Kier alpha value is -2.23. The second kappa shape index (κ2) is 6.28. The quantitative estimate of drug-likeness (QED) is 0.849. The zero-order valence-corrected chi connectivity index (χ0v) is 11.8. The first kappa shape index (κ1) is 14.2. The zero-order valence-electron chi connectivity index (χ0n) is 11.8. The van der Waals surface area contributed by atoms with Gasteiger partial charge in [0.2, 0.25) is 0 Å². The topological polar surface area (TPSA) is 38.5 Å². The predicted octanol–water partition coefficient (Wildman–Crippen LogP) is 3.44. The molecule has 0 atom stereocenters. The predicted molar refractivity (Wildman–Crippen MR) is 80.5 cm³/mol. The molecule has 0 aromatic heterocycles. The fourth-order valence-electron chi connectivity index (χ4n) is 2.12. The van der Waals surface area contributed by atoms with Crippen LogP contribution in [0.25, 0.3) is 0 Å². The van der Waals surface area contributed by atoms with Gasteiger partial charge in [-0.05, 0) is 37.3 Å². The van der Waals surface area contributed by atoms with E-state index in [9.17, 15) is 4.39 Å². The minimum absolute atomic E-state index is 0.239. The lowest BCUT2D eigenvalue weighted by atomic mass is 10.1. The van der Waals surface area contributed by atoms with E-state index < -0.39 is 0 Å². The number of hydrogen-bond acceptors (Lipinski definition) is 3. The van der Waals surface area contributed by atoms with Crippen molar-refractivity contribution in [2.45, 2.75) is 13.5 Å². The van der Waals surface area contributed by atoms with E-state index in [0.29, 0.717) is 24.5 Å². The molecule has 2 aromatic rings. The van der Waals surface area contributed by atoms with E-state index in [1.165, 1.54) is 6.07 Å². The Morgan fingerprint density at radius 2 is 1.95 bits per heavy atom. The average Bonchev–Trinajstić information content (AvgIpc) is 2.42. The number of rotatable bonds is 5. The van der Waals surface area contributed by atoms with Gasteiger partial charge in [-0.3, -0.25) is 0 Å². The number of nitrogen functional groups attached to an aromatic ring is 1. The summed E-state index contributed by atoms with van der Waals surface area (Å²) < 4.78 is 19.4. The molecule has 0 amide bonds. The maximum atomic E-state index is 13.8. The fraction of sp³-hybridized carbons (Fsp3) is 0.250. The summed E-state index contributed by atoms with van der Waals surface area (Å²) in [5.41, 5.74) is 7.99. The molecule has 0 spiro atoms. The van der Waals surface area contributed by atoms with Crippen molar-refractivity contribution in [3.63, 3.8) is 0 Å². The number of hydrogen-bond donors (Lipinski definition) is 1. The van der Waals surface area contributed by atoms with E-state index >= 15 is 0 Å². The van der Waals surface area contributed by atoms with Crippen LogP contribution in [0.3, 0.4) is 0 Å². The van der Waals surface area contributed by atoms with Gasteiger partial charge in [0.05, 0.1) is 12.3 Å². The molecule has 2 rings (SSSR count). The molecule has 2 aromatic carbocycles.